The molecule has 0 heterocycles. The zero-order valence-electron chi connectivity index (χ0n) is 7.46. The second-order valence-corrected chi connectivity index (χ2v) is 2.99. The van der Waals surface area contributed by atoms with Crippen molar-refractivity contribution in [2.75, 3.05) is 7.05 Å². The van der Waals surface area contributed by atoms with E-state index in [0.717, 1.165) is 5.56 Å². The summed E-state index contributed by atoms with van der Waals surface area (Å²) in [6, 6.07) is 7.82. The fraction of sp³-hybridized carbons (Fsp3) is 0.333. The third kappa shape index (κ3) is 1.82. The highest BCUT2D eigenvalue weighted by molar-refractivity contribution is 5.25. The normalized spacial score (nSPS) is 11.7. The van der Waals surface area contributed by atoms with Gasteiger partial charge >= 0.3 is 0 Å². The van der Waals surface area contributed by atoms with Crippen molar-refractivity contribution in [3.8, 4) is 0 Å². The smallest absolute Gasteiger partial charge is 0.145 e. The van der Waals surface area contributed by atoms with Crippen molar-refractivity contribution in [1.82, 2.24) is 5.32 Å². The summed E-state index contributed by atoms with van der Waals surface area (Å²) in [5, 5.41) is 2.83. The lowest BCUT2D eigenvalue weighted by Gasteiger charge is -2.24. The number of benzene rings is 1. The van der Waals surface area contributed by atoms with Crippen molar-refractivity contribution in [2.45, 2.75) is 12.7 Å². The van der Waals surface area contributed by atoms with Gasteiger partial charge in [-0.3, -0.25) is 16.8 Å². The van der Waals surface area contributed by atoms with Gasteiger partial charge in [-0.1, -0.05) is 29.8 Å². The van der Waals surface area contributed by atoms with Crippen LogP contribution in [-0.2, 0) is 5.79 Å². The first-order valence-corrected chi connectivity index (χ1v) is 3.90. The van der Waals surface area contributed by atoms with Crippen LogP contribution < -0.4 is 16.8 Å². The second kappa shape index (κ2) is 3.23. The lowest BCUT2D eigenvalue weighted by molar-refractivity contribution is 0.392. The molecule has 0 aliphatic heterocycles. The van der Waals surface area contributed by atoms with Crippen LogP contribution in [-0.4, -0.2) is 7.05 Å². The largest absolute Gasteiger partial charge is 0.297 e. The monoisotopic (exact) mass is 165 g/mol. The molecule has 66 valence electrons. The maximum Gasteiger partial charge on any atom is 0.145 e. The molecule has 0 saturated carbocycles. The molecule has 12 heavy (non-hydrogen) atoms. The number of hydrogen-bond donors (Lipinski definition) is 3. The van der Waals surface area contributed by atoms with Gasteiger partial charge in [-0.05, 0) is 14.0 Å². The van der Waals surface area contributed by atoms with Crippen LogP contribution in [0.3, 0.4) is 0 Å². The number of hydrogen-bond acceptors (Lipinski definition) is 3. The summed E-state index contributed by atoms with van der Waals surface area (Å²) in [5.74, 6) is -0.923. The van der Waals surface area contributed by atoms with E-state index < -0.39 is 5.79 Å². The van der Waals surface area contributed by atoms with Crippen molar-refractivity contribution in [1.29, 1.82) is 0 Å². The first-order valence-electron chi connectivity index (χ1n) is 3.90. The third-order valence-corrected chi connectivity index (χ3v) is 1.94. The fourth-order valence-electron chi connectivity index (χ4n) is 0.974. The van der Waals surface area contributed by atoms with E-state index in [-0.39, 0.29) is 0 Å². The van der Waals surface area contributed by atoms with E-state index in [1.165, 1.54) is 5.56 Å². The minimum absolute atomic E-state index is 0.885. The number of nitrogens with two attached hydrogens (primary N) is 2. The predicted octanol–water partition coefficient (Wildman–Crippen LogP) is 0.242. The predicted molar refractivity (Wildman–Crippen MR) is 50.3 cm³/mol. The topological polar surface area (TPSA) is 64.1 Å². The van der Waals surface area contributed by atoms with Crippen LogP contribution in [0.25, 0.3) is 0 Å². The van der Waals surface area contributed by atoms with E-state index in [1.807, 2.05) is 31.2 Å². The summed E-state index contributed by atoms with van der Waals surface area (Å²) in [6.07, 6.45) is 0. The lowest BCUT2D eigenvalue weighted by atomic mass is 10.1. The van der Waals surface area contributed by atoms with Gasteiger partial charge < -0.3 is 0 Å². The van der Waals surface area contributed by atoms with E-state index >= 15 is 0 Å². The highest BCUT2D eigenvalue weighted by Crippen LogP contribution is 2.09. The summed E-state index contributed by atoms with van der Waals surface area (Å²) in [7, 11) is 1.74. The Labute approximate surface area is 72.8 Å². The summed E-state index contributed by atoms with van der Waals surface area (Å²) in [6.45, 7) is 2.03. The molecular weight excluding hydrogens is 150 g/mol. The van der Waals surface area contributed by atoms with Crippen LogP contribution in [0.15, 0.2) is 24.3 Å². The van der Waals surface area contributed by atoms with Crippen molar-refractivity contribution in [3.05, 3.63) is 35.4 Å². The molecule has 1 aromatic carbocycles. The molecule has 0 unspecified atom stereocenters. The first kappa shape index (κ1) is 9.19. The van der Waals surface area contributed by atoms with Gasteiger partial charge in [0.15, 0.2) is 0 Å². The Morgan fingerprint density at radius 1 is 1.17 bits per heavy atom. The Kier molecular flexibility index (Phi) is 2.47. The molecule has 0 aliphatic rings. The summed E-state index contributed by atoms with van der Waals surface area (Å²) in [4.78, 5) is 0. The second-order valence-electron chi connectivity index (χ2n) is 2.99. The molecule has 0 aliphatic carbocycles. The summed E-state index contributed by atoms with van der Waals surface area (Å²) < 4.78 is 0. The number of aryl methyl sites for hydroxylation is 1. The van der Waals surface area contributed by atoms with Crippen molar-refractivity contribution in [2.24, 2.45) is 11.5 Å². The van der Waals surface area contributed by atoms with Crippen LogP contribution in [0.2, 0.25) is 0 Å². The zero-order chi connectivity index (χ0) is 9.19. The Morgan fingerprint density at radius 3 is 2.08 bits per heavy atom. The quantitative estimate of drug-likeness (QED) is 0.550. The maximum absolute atomic E-state index is 5.75. The van der Waals surface area contributed by atoms with E-state index in [2.05, 4.69) is 5.32 Å². The fourth-order valence-corrected chi connectivity index (χ4v) is 0.974. The third-order valence-electron chi connectivity index (χ3n) is 1.94. The standard InChI is InChI=1S/C9H15N3/c1-7-3-5-8(6-4-7)9(10,11)12-2/h3-6,12H,10-11H2,1-2H3. The zero-order valence-corrected chi connectivity index (χ0v) is 7.46. The molecule has 1 aromatic rings. The van der Waals surface area contributed by atoms with Gasteiger partial charge in [-0.15, -0.1) is 0 Å². The molecule has 0 amide bonds. The summed E-state index contributed by atoms with van der Waals surface area (Å²) in [5.41, 5.74) is 13.6. The molecule has 1 rings (SSSR count). The SMILES string of the molecule is CNC(N)(N)c1ccc(C)cc1. The minimum atomic E-state index is -0.923. The van der Waals surface area contributed by atoms with Crippen LogP contribution in [0, 0.1) is 6.92 Å². The van der Waals surface area contributed by atoms with Crippen LogP contribution in [0.5, 0.6) is 0 Å². The average molecular weight is 165 g/mol. The minimum Gasteiger partial charge on any atom is -0.297 e. The average Bonchev–Trinajstić information content (AvgIpc) is 2.05. The van der Waals surface area contributed by atoms with E-state index in [0.29, 0.717) is 0 Å². The van der Waals surface area contributed by atoms with E-state index in [9.17, 15) is 0 Å². The van der Waals surface area contributed by atoms with Crippen LogP contribution in [0.1, 0.15) is 11.1 Å². The maximum atomic E-state index is 5.75. The Balaban J connectivity index is 2.96. The molecule has 5 N–H and O–H groups in total. The Hall–Kier alpha value is -0.900. The highest BCUT2D eigenvalue weighted by atomic mass is 15.2. The Bertz CT molecular complexity index is 251. The van der Waals surface area contributed by atoms with Gasteiger partial charge in [-0.25, -0.2) is 0 Å². The molecule has 3 nitrogen and oxygen atoms in total. The van der Waals surface area contributed by atoms with Gasteiger partial charge in [-0.2, -0.15) is 0 Å². The number of nitrogens with one attached hydrogen (secondary N) is 1. The molecule has 0 radical (unpaired) electrons. The number of rotatable bonds is 2. The van der Waals surface area contributed by atoms with Gasteiger partial charge in [0, 0.05) is 5.56 Å². The van der Waals surface area contributed by atoms with E-state index in [1.54, 1.807) is 7.05 Å². The first-order chi connectivity index (χ1) is 5.56. The van der Waals surface area contributed by atoms with Gasteiger partial charge in [0.25, 0.3) is 0 Å². The van der Waals surface area contributed by atoms with Crippen molar-refractivity contribution >= 4 is 0 Å². The molecule has 0 spiro atoms. The van der Waals surface area contributed by atoms with Crippen LogP contribution >= 0.6 is 0 Å². The molecule has 0 saturated heterocycles. The Morgan fingerprint density at radius 2 is 1.67 bits per heavy atom. The molecule has 0 aromatic heterocycles. The summed E-state index contributed by atoms with van der Waals surface area (Å²) >= 11 is 0. The molecule has 3 heteroatoms. The molecule has 0 atom stereocenters. The van der Waals surface area contributed by atoms with Gasteiger partial charge in [0.05, 0.1) is 0 Å². The van der Waals surface area contributed by atoms with E-state index in [4.69, 9.17) is 11.5 Å². The molecule has 0 fully saturated rings. The van der Waals surface area contributed by atoms with Crippen LogP contribution in [0.4, 0.5) is 0 Å². The van der Waals surface area contributed by atoms with Gasteiger partial charge in [0.1, 0.15) is 5.79 Å². The van der Waals surface area contributed by atoms with Crippen molar-refractivity contribution in [3.63, 3.8) is 0 Å². The highest BCUT2D eigenvalue weighted by Gasteiger charge is 2.17. The molecule has 0 bridgehead atoms. The van der Waals surface area contributed by atoms with Crippen molar-refractivity contribution < 1.29 is 0 Å². The lowest BCUT2D eigenvalue weighted by Crippen LogP contribution is -2.56. The molecular formula is C9H15N3. The van der Waals surface area contributed by atoms with Gasteiger partial charge in [0.2, 0.25) is 0 Å².